The lowest BCUT2D eigenvalue weighted by Gasteiger charge is -2.23. The summed E-state index contributed by atoms with van der Waals surface area (Å²) < 4.78 is 1.98. The second-order valence-electron chi connectivity index (χ2n) is 6.62. The van der Waals surface area contributed by atoms with Crippen LogP contribution in [0.25, 0.3) is 11.0 Å². The van der Waals surface area contributed by atoms with Gasteiger partial charge in [0, 0.05) is 33.1 Å². The second kappa shape index (κ2) is 6.40. The molecule has 1 amide bonds. The SMILES string of the molecule is CCc1cc(N2CCCC2=O)ncc1N(C)c1cc2c(cn1)ncn2C. The molecular weight excluding hydrogens is 328 g/mol. The number of pyridine rings is 2. The third kappa shape index (κ3) is 2.69. The van der Waals surface area contributed by atoms with E-state index in [2.05, 4.69) is 21.9 Å². The van der Waals surface area contributed by atoms with E-state index in [1.54, 1.807) is 17.4 Å². The van der Waals surface area contributed by atoms with E-state index >= 15 is 0 Å². The molecule has 0 bridgehead atoms. The van der Waals surface area contributed by atoms with E-state index in [0.29, 0.717) is 6.42 Å². The maximum Gasteiger partial charge on any atom is 0.228 e. The summed E-state index contributed by atoms with van der Waals surface area (Å²) in [5.74, 6) is 1.74. The molecule has 1 saturated heterocycles. The molecule has 1 aliphatic heterocycles. The fourth-order valence-electron chi connectivity index (χ4n) is 3.43. The lowest BCUT2D eigenvalue weighted by molar-refractivity contribution is -0.117. The highest BCUT2D eigenvalue weighted by atomic mass is 16.2. The van der Waals surface area contributed by atoms with E-state index in [4.69, 9.17) is 0 Å². The van der Waals surface area contributed by atoms with Crippen LogP contribution < -0.4 is 9.80 Å². The van der Waals surface area contributed by atoms with Gasteiger partial charge in [-0.2, -0.15) is 0 Å². The number of fused-ring (bicyclic) bond motifs is 1. The van der Waals surface area contributed by atoms with Crippen molar-refractivity contribution in [1.82, 2.24) is 19.5 Å². The number of aromatic nitrogens is 4. The molecule has 3 aromatic heterocycles. The average Bonchev–Trinajstić information content (AvgIpc) is 3.26. The molecule has 0 unspecified atom stereocenters. The minimum Gasteiger partial charge on any atom is -0.334 e. The molecule has 4 rings (SSSR count). The number of carbonyl (C=O) groups excluding carboxylic acids is 1. The van der Waals surface area contributed by atoms with Crippen LogP contribution in [0.5, 0.6) is 0 Å². The van der Waals surface area contributed by atoms with Gasteiger partial charge in [-0.1, -0.05) is 6.92 Å². The zero-order chi connectivity index (χ0) is 18.3. The summed E-state index contributed by atoms with van der Waals surface area (Å²) in [6, 6.07) is 4.05. The quantitative estimate of drug-likeness (QED) is 0.724. The van der Waals surface area contributed by atoms with Gasteiger partial charge in [-0.25, -0.2) is 15.0 Å². The number of imidazole rings is 1. The van der Waals surface area contributed by atoms with Crippen LogP contribution in [0.3, 0.4) is 0 Å². The van der Waals surface area contributed by atoms with Crippen LogP contribution in [-0.2, 0) is 18.3 Å². The van der Waals surface area contributed by atoms with E-state index in [-0.39, 0.29) is 5.91 Å². The first-order valence-electron chi connectivity index (χ1n) is 8.88. The molecule has 0 N–H and O–H groups in total. The molecule has 0 atom stereocenters. The minimum atomic E-state index is 0.156. The van der Waals surface area contributed by atoms with Gasteiger partial charge in [-0.15, -0.1) is 0 Å². The molecule has 0 spiro atoms. The first-order valence-corrected chi connectivity index (χ1v) is 8.88. The van der Waals surface area contributed by atoms with Crippen molar-refractivity contribution in [2.24, 2.45) is 7.05 Å². The Bertz CT molecular complexity index is 979. The van der Waals surface area contributed by atoms with Gasteiger partial charge in [-0.3, -0.25) is 9.69 Å². The van der Waals surface area contributed by atoms with Gasteiger partial charge in [0.05, 0.1) is 29.9 Å². The van der Waals surface area contributed by atoms with Gasteiger partial charge >= 0.3 is 0 Å². The number of hydrogen-bond acceptors (Lipinski definition) is 5. The van der Waals surface area contributed by atoms with Crippen LogP contribution in [0, 0.1) is 0 Å². The van der Waals surface area contributed by atoms with Gasteiger partial charge in [0.25, 0.3) is 0 Å². The molecule has 0 aromatic carbocycles. The third-order valence-electron chi connectivity index (χ3n) is 4.98. The van der Waals surface area contributed by atoms with Gasteiger partial charge in [0.1, 0.15) is 17.2 Å². The molecule has 3 aromatic rings. The topological polar surface area (TPSA) is 67.2 Å². The van der Waals surface area contributed by atoms with Crippen LogP contribution in [0.2, 0.25) is 0 Å². The Morgan fingerprint density at radius 1 is 1.19 bits per heavy atom. The maximum atomic E-state index is 12.0. The highest BCUT2D eigenvalue weighted by molar-refractivity contribution is 5.94. The van der Waals surface area contributed by atoms with Gasteiger partial charge < -0.3 is 9.47 Å². The predicted octanol–water partition coefficient (Wildman–Crippen LogP) is 2.82. The Kier molecular flexibility index (Phi) is 4.06. The first-order chi connectivity index (χ1) is 12.6. The Labute approximate surface area is 152 Å². The van der Waals surface area contributed by atoms with E-state index in [9.17, 15) is 4.79 Å². The lowest BCUT2D eigenvalue weighted by Crippen LogP contribution is -2.25. The zero-order valence-electron chi connectivity index (χ0n) is 15.3. The summed E-state index contributed by atoms with van der Waals surface area (Å²) in [5.41, 5.74) is 4.05. The van der Waals surface area contributed by atoms with Crippen molar-refractivity contribution in [1.29, 1.82) is 0 Å². The molecule has 26 heavy (non-hydrogen) atoms. The predicted molar refractivity (Wildman–Crippen MR) is 102 cm³/mol. The van der Waals surface area contributed by atoms with Crippen LogP contribution in [0.15, 0.2) is 30.9 Å². The molecule has 1 aliphatic rings. The number of anilines is 3. The van der Waals surface area contributed by atoms with Crippen molar-refractivity contribution in [3.8, 4) is 0 Å². The smallest absolute Gasteiger partial charge is 0.228 e. The van der Waals surface area contributed by atoms with Crippen molar-refractivity contribution < 1.29 is 4.79 Å². The largest absolute Gasteiger partial charge is 0.334 e. The average molecular weight is 350 g/mol. The molecule has 7 heteroatoms. The fourth-order valence-corrected chi connectivity index (χ4v) is 3.43. The Balaban J connectivity index is 1.71. The standard InChI is InChI=1S/C19H22N6O/c1-4-13-8-18(25-7-5-6-19(25)26)21-11-16(13)24(3)17-9-15-14(10-20-17)22-12-23(15)2/h8-12H,4-7H2,1-3H3. The Morgan fingerprint density at radius 3 is 2.77 bits per heavy atom. The summed E-state index contributed by atoms with van der Waals surface area (Å²) in [4.78, 5) is 29.2. The summed E-state index contributed by atoms with van der Waals surface area (Å²) in [7, 11) is 3.96. The molecule has 4 heterocycles. The van der Waals surface area contributed by atoms with Gasteiger partial charge in [0.2, 0.25) is 5.91 Å². The van der Waals surface area contributed by atoms with E-state index < -0.39 is 0 Å². The zero-order valence-corrected chi connectivity index (χ0v) is 15.3. The number of hydrogen-bond donors (Lipinski definition) is 0. The van der Waals surface area contributed by atoms with Crippen molar-refractivity contribution in [2.75, 3.05) is 23.4 Å². The van der Waals surface area contributed by atoms with Gasteiger partial charge in [-0.05, 0) is 24.5 Å². The minimum absolute atomic E-state index is 0.156. The maximum absolute atomic E-state index is 12.0. The van der Waals surface area contributed by atoms with Crippen LogP contribution in [-0.4, -0.2) is 39.0 Å². The van der Waals surface area contributed by atoms with Crippen LogP contribution in [0.1, 0.15) is 25.3 Å². The third-order valence-corrected chi connectivity index (χ3v) is 4.98. The molecule has 7 nitrogen and oxygen atoms in total. The summed E-state index contributed by atoms with van der Waals surface area (Å²) in [6.07, 6.45) is 7.78. The molecule has 0 saturated carbocycles. The number of amides is 1. The highest BCUT2D eigenvalue weighted by Gasteiger charge is 2.24. The molecular formula is C19H22N6O. The van der Waals surface area contributed by atoms with Crippen molar-refractivity contribution in [3.63, 3.8) is 0 Å². The fraction of sp³-hybridized carbons (Fsp3) is 0.368. The normalized spacial score (nSPS) is 14.4. The van der Waals surface area contributed by atoms with E-state index in [1.807, 2.05) is 41.9 Å². The van der Waals surface area contributed by atoms with Crippen LogP contribution >= 0.6 is 0 Å². The number of carbonyl (C=O) groups is 1. The number of nitrogens with zero attached hydrogens (tertiary/aromatic N) is 6. The summed E-state index contributed by atoms with van der Waals surface area (Å²) in [5, 5.41) is 0. The highest BCUT2D eigenvalue weighted by Crippen LogP contribution is 2.30. The number of rotatable bonds is 4. The number of aryl methyl sites for hydroxylation is 2. The summed E-state index contributed by atoms with van der Waals surface area (Å²) >= 11 is 0. The molecule has 134 valence electrons. The van der Waals surface area contributed by atoms with E-state index in [0.717, 1.165) is 53.3 Å². The lowest BCUT2D eigenvalue weighted by atomic mass is 10.1. The van der Waals surface area contributed by atoms with Crippen LogP contribution in [0.4, 0.5) is 17.3 Å². The Hall–Kier alpha value is -2.96. The van der Waals surface area contributed by atoms with E-state index in [1.165, 1.54) is 0 Å². The first kappa shape index (κ1) is 16.5. The Morgan fingerprint density at radius 2 is 2.04 bits per heavy atom. The van der Waals surface area contributed by atoms with Crippen molar-refractivity contribution in [3.05, 3.63) is 36.4 Å². The molecule has 0 aliphatic carbocycles. The summed E-state index contributed by atoms with van der Waals surface area (Å²) in [6.45, 7) is 2.86. The van der Waals surface area contributed by atoms with Gasteiger partial charge in [0.15, 0.2) is 0 Å². The molecule has 0 radical (unpaired) electrons. The monoisotopic (exact) mass is 350 g/mol. The second-order valence-corrected chi connectivity index (χ2v) is 6.62. The van der Waals surface area contributed by atoms with Crippen molar-refractivity contribution >= 4 is 34.3 Å². The van der Waals surface area contributed by atoms with Crippen molar-refractivity contribution in [2.45, 2.75) is 26.2 Å². The molecule has 1 fully saturated rings.